The zero-order valence-electron chi connectivity index (χ0n) is 13.1. The smallest absolute Gasteiger partial charge is 0.261 e. The van der Waals surface area contributed by atoms with E-state index >= 15 is 0 Å². The molecule has 132 valence electrons. The summed E-state index contributed by atoms with van der Waals surface area (Å²) in [6.45, 7) is 3.13. The molecule has 0 amide bonds. The standard InChI is InChI=1S/C14H16ClNO4S4/c1-9(2)23(17,18)13-12(8-22-14(13)21-3)16-24(19,20)11-6-4-10(15)5-7-11/h4-9,16H,1-3H3. The van der Waals surface area contributed by atoms with E-state index in [1.54, 1.807) is 20.1 Å². The lowest BCUT2D eigenvalue weighted by Gasteiger charge is -2.13. The van der Waals surface area contributed by atoms with Gasteiger partial charge in [0.25, 0.3) is 10.0 Å². The molecule has 0 bridgehead atoms. The van der Waals surface area contributed by atoms with Crippen LogP contribution in [0, 0.1) is 0 Å². The first kappa shape index (κ1) is 19.6. The molecule has 1 N–H and O–H groups in total. The second-order valence-corrected chi connectivity index (χ2v) is 11.6. The molecule has 0 aliphatic heterocycles. The van der Waals surface area contributed by atoms with Gasteiger partial charge in [-0.2, -0.15) is 0 Å². The summed E-state index contributed by atoms with van der Waals surface area (Å²) in [7, 11) is -7.54. The number of sulfonamides is 1. The molecule has 0 saturated heterocycles. The molecule has 1 heterocycles. The van der Waals surface area contributed by atoms with Crippen molar-refractivity contribution in [2.45, 2.75) is 33.1 Å². The number of nitrogens with one attached hydrogen (secondary N) is 1. The highest BCUT2D eigenvalue weighted by Gasteiger charge is 2.30. The highest BCUT2D eigenvalue weighted by Crippen LogP contribution is 2.40. The van der Waals surface area contributed by atoms with E-state index in [9.17, 15) is 16.8 Å². The Bertz CT molecular complexity index is 932. The molecule has 0 saturated carbocycles. The van der Waals surface area contributed by atoms with Crippen LogP contribution in [-0.2, 0) is 19.9 Å². The van der Waals surface area contributed by atoms with Gasteiger partial charge in [0.2, 0.25) is 0 Å². The molecule has 10 heteroatoms. The average molecular weight is 426 g/mol. The minimum Gasteiger partial charge on any atom is -0.277 e. The zero-order chi connectivity index (χ0) is 18.1. The van der Waals surface area contributed by atoms with Crippen molar-refractivity contribution < 1.29 is 16.8 Å². The Morgan fingerprint density at radius 2 is 1.71 bits per heavy atom. The topological polar surface area (TPSA) is 80.3 Å². The highest BCUT2D eigenvalue weighted by atomic mass is 35.5. The van der Waals surface area contributed by atoms with Gasteiger partial charge in [-0.05, 0) is 44.4 Å². The molecule has 0 atom stereocenters. The number of thiophene rings is 1. The second-order valence-electron chi connectivity index (χ2n) is 5.12. The number of rotatable bonds is 6. The van der Waals surface area contributed by atoms with Crippen LogP contribution < -0.4 is 4.72 Å². The third-order valence-corrected chi connectivity index (χ3v) is 9.43. The van der Waals surface area contributed by atoms with Gasteiger partial charge >= 0.3 is 0 Å². The summed E-state index contributed by atoms with van der Waals surface area (Å²) < 4.78 is 53.2. The van der Waals surface area contributed by atoms with E-state index in [0.717, 1.165) is 0 Å². The Morgan fingerprint density at radius 3 is 2.21 bits per heavy atom. The first-order valence-electron chi connectivity index (χ1n) is 6.77. The van der Waals surface area contributed by atoms with Gasteiger partial charge in [0.15, 0.2) is 9.84 Å². The van der Waals surface area contributed by atoms with Crippen molar-refractivity contribution in [2.24, 2.45) is 0 Å². The largest absolute Gasteiger partial charge is 0.277 e. The Labute approximate surface area is 155 Å². The van der Waals surface area contributed by atoms with Crippen LogP contribution in [-0.4, -0.2) is 28.3 Å². The van der Waals surface area contributed by atoms with Gasteiger partial charge in [0.05, 0.1) is 20.0 Å². The molecular formula is C14H16ClNO4S4. The minimum absolute atomic E-state index is 0.0108. The molecule has 0 spiro atoms. The first-order valence-corrected chi connectivity index (χ1v) is 12.3. The summed E-state index contributed by atoms with van der Waals surface area (Å²) in [6.07, 6.45) is 1.75. The first-order chi connectivity index (χ1) is 11.1. The molecule has 0 unspecified atom stereocenters. The molecular weight excluding hydrogens is 410 g/mol. The third kappa shape index (κ3) is 3.91. The van der Waals surface area contributed by atoms with Crippen LogP contribution in [0.2, 0.25) is 5.02 Å². The Morgan fingerprint density at radius 1 is 1.12 bits per heavy atom. The number of halogens is 1. The molecule has 5 nitrogen and oxygen atoms in total. The summed E-state index contributed by atoms with van der Waals surface area (Å²) in [5.74, 6) is 0. The lowest BCUT2D eigenvalue weighted by Crippen LogP contribution is -2.18. The predicted octanol–water partition coefficient (Wildman–Crippen LogP) is 4.11. The van der Waals surface area contributed by atoms with Gasteiger partial charge in [-0.15, -0.1) is 23.1 Å². The summed E-state index contributed by atoms with van der Waals surface area (Å²) in [5.41, 5.74) is 0.0769. The van der Waals surface area contributed by atoms with Crippen LogP contribution in [0.25, 0.3) is 0 Å². The maximum atomic E-state index is 12.6. The molecule has 0 aliphatic rings. The van der Waals surface area contributed by atoms with E-state index in [1.807, 2.05) is 0 Å². The van der Waals surface area contributed by atoms with Crippen LogP contribution >= 0.6 is 34.7 Å². The van der Waals surface area contributed by atoms with Crippen molar-refractivity contribution in [1.29, 1.82) is 0 Å². The highest BCUT2D eigenvalue weighted by molar-refractivity contribution is 8.01. The minimum atomic E-state index is -3.91. The number of sulfone groups is 1. The fourth-order valence-electron chi connectivity index (χ4n) is 1.86. The van der Waals surface area contributed by atoms with Crippen molar-refractivity contribution in [2.75, 3.05) is 11.0 Å². The van der Waals surface area contributed by atoms with E-state index in [4.69, 9.17) is 11.6 Å². The van der Waals surface area contributed by atoms with Crippen LogP contribution in [0.15, 0.2) is 43.6 Å². The molecule has 2 aromatic rings. The number of hydrogen-bond acceptors (Lipinski definition) is 6. The molecule has 2 rings (SSSR count). The Balaban J connectivity index is 2.51. The number of thioether (sulfide) groups is 1. The Kier molecular flexibility index (Phi) is 5.91. The summed E-state index contributed by atoms with van der Waals surface area (Å²) in [6, 6.07) is 5.65. The number of hydrogen-bond donors (Lipinski definition) is 1. The molecule has 1 aromatic heterocycles. The average Bonchev–Trinajstić information content (AvgIpc) is 2.90. The van der Waals surface area contributed by atoms with E-state index < -0.39 is 25.1 Å². The van der Waals surface area contributed by atoms with E-state index in [1.165, 1.54) is 52.7 Å². The van der Waals surface area contributed by atoms with Crippen LogP contribution in [0.4, 0.5) is 5.69 Å². The van der Waals surface area contributed by atoms with Crippen molar-refractivity contribution in [3.05, 3.63) is 34.7 Å². The van der Waals surface area contributed by atoms with Gasteiger partial charge in [-0.3, -0.25) is 4.72 Å². The molecule has 0 fully saturated rings. The second kappa shape index (κ2) is 7.25. The molecule has 0 aliphatic carbocycles. The predicted molar refractivity (Wildman–Crippen MR) is 101 cm³/mol. The van der Waals surface area contributed by atoms with Crippen molar-refractivity contribution in [1.82, 2.24) is 0 Å². The number of anilines is 1. The summed E-state index contributed by atoms with van der Waals surface area (Å²) in [4.78, 5) is 0.0456. The zero-order valence-corrected chi connectivity index (χ0v) is 17.1. The van der Waals surface area contributed by atoms with E-state index in [2.05, 4.69) is 4.72 Å². The normalized spacial score (nSPS) is 12.5. The van der Waals surface area contributed by atoms with Gasteiger partial charge in [0, 0.05) is 10.4 Å². The SMILES string of the molecule is CSc1scc(NS(=O)(=O)c2ccc(Cl)cc2)c1S(=O)(=O)C(C)C. The van der Waals surface area contributed by atoms with Gasteiger partial charge in [0.1, 0.15) is 4.90 Å². The van der Waals surface area contributed by atoms with Crippen LogP contribution in [0.3, 0.4) is 0 Å². The van der Waals surface area contributed by atoms with Crippen molar-refractivity contribution >= 4 is 60.2 Å². The van der Waals surface area contributed by atoms with E-state index in [-0.39, 0.29) is 15.5 Å². The Hall–Kier alpha value is -0.740. The molecule has 0 radical (unpaired) electrons. The van der Waals surface area contributed by atoms with Gasteiger partial charge < -0.3 is 0 Å². The van der Waals surface area contributed by atoms with Crippen LogP contribution in [0.1, 0.15) is 13.8 Å². The quantitative estimate of drug-likeness (QED) is 0.704. The maximum absolute atomic E-state index is 12.6. The van der Waals surface area contributed by atoms with Crippen molar-refractivity contribution in [3.63, 3.8) is 0 Å². The number of benzene rings is 1. The molecule has 24 heavy (non-hydrogen) atoms. The van der Waals surface area contributed by atoms with Gasteiger partial charge in [-0.1, -0.05) is 11.6 Å². The molecule has 1 aromatic carbocycles. The monoisotopic (exact) mass is 425 g/mol. The van der Waals surface area contributed by atoms with Crippen molar-refractivity contribution in [3.8, 4) is 0 Å². The fourth-order valence-corrected chi connectivity index (χ4v) is 6.92. The third-order valence-electron chi connectivity index (χ3n) is 3.17. The van der Waals surface area contributed by atoms with Gasteiger partial charge in [-0.25, -0.2) is 16.8 Å². The fraction of sp³-hybridized carbons (Fsp3) is 0.286. The van der Waals surface area contributed by atoms with E-state index in [0.29, 0.717) is 9.23 Å². The lowest BCUT2D eigenvalue weighted by molar-refractivity contribution is 0.586. The lowest BCUT2D eigenvalue weighted by atomic mass is 10.4. The van der Waals surface area contributed by atoms with Crippen LogP contribution in [0.5, 0.6) is 0 Å². The maximum Gasteiger partial charge on any atom is 0.261 e. The summed E-state index contributed by atoms with van der Waals surface area (Å²) >= 11 is 8.23. The summed E-state index contributed by atoms with van der Waals surface area (Å²) in [5, 5.41) is 1.27.